The van der Waals surface area contributed by atoms with E-state index in [1.54, 1.807) is 18.2 Å². The van der Waals surface area contributed by atoms with Crippen LogP contribution in [-0.2, 0) is 26.0 Å². The van der Waals surface area contributed by atoms with Crippen molar-refractivity contribution in [3.05, 3.63) is 90.5 Å². The number of benzene rings is 3. The molecule has 0 spiro atoms. The molecule has 0 saturated heterocycles. The highest BCUT2D eigenvalue weighted by Gasteiger charge is 2.20. The van der Waals surface area contributed by atoms with Crippen molar-refractivity contribution in [2.75, 3.05) is 5.75 Å². The Morgan fingerprint density at radius 3 is 2.31 bits per heavy atom. The molecule has 0 aliphatic carbocycles. The van der Waals surface area contributed by atoms with E-state index in [1.165, 1.54) is 12.1 Å². The van der Waals surface area contributed by atoms with Crippen molar-refractivity contribution in [2.45, 2.75) is 11.5 Å². The van der Waals surface area contributed by atoms with Crippen LogP contribution in [0.15, 0.2) is 89.8 Å². The molecule has 3 rings (SSSR count). The first-order valence-electron chi connectivity index (χ1n) is 8.07. The summed E-state index contributed by atoms with van der Waals surface area (Å²) in [7, 11) is -3.62. The van der Waals surface area contributed by atoms with E-state index in [-0.39, 0.29) is 17.1 Å². The summed E-state index contributed by atoms with van der Waals surface area (Å²) in [6.07, 6.45) is 0. The summed E-state index contributed by atoms with van der Waals surface area (Å²) in [5.74, 6) is -1.18. The first kappa shape index (κ1) is 17.9. The Labute approximate surface area is 152 Å². The number of sulfone groups is 1. The predicted octanol–water partition coefficient (Wildman–Crippen LogP) is 3.91. The molecule has 132 valence electrons. The lowest BCUT2D eigenvalue weighted by Gasteiger charge is -2.10. The molecule has 5 heteroatoms. The van der Waals surface area contributed by atoms with Crippen LogP contribution in [0.3, 0.4) is 0 Å². The fraction of sp³-hybridized carbons (Fsp3) is 0.0952. The Balaban J connectivity index is 1.67. The van der Waals surface area contributed by atoms with E-state index in [4.69, 9.17) is 4.74 Å². The van der Waals surface area contributed by atoms with Crippen LogP contribution in [0.5, 0.6) is 0 Å². The number of ether oxygens (including phenoxy) is 1. The second-order valence-electron chi connectivity index (χ2n) is 5.89. The lowest BCUT2D eigenvalue weighted by atomic mass is 10.1. The van der Waals surface area contributed by atoms with E-state index in [0.29, 0.717) is 0 Å². The number of carbonyl (C=O) groups excluding carboxylic acids is 1. The van der Waals surface area contributed by atoms with E-state index < -0.39 is 21.6 Å². The Bertz CT molecular complexity index is 1050. The Hall–Kier alpha value is -2.92. The zero-order chi connectivity index (χ0) is 18.6. The zero-order valence-electron chi connectivity index (χ0n) is 14.1. The van der Waals surface area contributed by atoms with Crippen LogP contribution in [0.1, 0.15) is 5.56 Å². The number of hydrogen-bond acceptors (Lipinski definition) is 4. The largest absolute Gasteiger partial charge is 0.457 e. The van der Waals surface area contributed by atoms with E-state index in [1.807, 2.05) is 42.5 Å². The Kier molecular flexibility index (Phi) is 5.19. The van der Waals surface area contributed by atoms with E-state index in [2.05, 4.69) is 6.58 Å². The van der Waals surface area contributed by atoms with Crippen molar-refractivity contribution < 1.29 is 17.9 Å². The highest BCUT2D eigenvalue weighted by atomic mass is 32.2. The van der Waals surface area contributed by atoms with Gasteiger partial charge in [-0.1, -0.05) is 67.2 Å². The van der Waals surface area contributed by atoms with Crippen molar-refractivity contribution >= 4 is 26.6 Å². The van der Waals surface area contributed by atoms with Gasteiger partial charge in [-0.15, -0.1) is 0 Å². The maximum absolute atomic E-state index is 12.3. The predicted molar refractivity (Wildman–Crippen MR) is 101 cm³/mol. The molecular weight excluding hydrogens is 348 g/mol. The van der Waals surface area contributed by atoms with Crippen LogP contribution in [0.25, 0.3) is 10.8 Å². The fourth-order valence-electron chi connectivity index (χ4n) is 2.66. The number of hydrogen-bond donors (Lipinski definition) is 0. The summed E-state index contributed by atoms with van der Waals surface area (Å²) in [5, 5.41) is 2.04. The van der Waals surface area contributed by atoms with Gasteiger partial charge in [-0.2, -0.15) is 0 Å². The minimum atomic E-state index is -3.62. The smallest absolute Gasteiger partial charge is 0.334 e. The molecule has 4 nitrogen and oxygen atoms in total. The van der Waals surface area contributed by atoms with Gasteiger partial charge >= 0.3 is 5.97 Å². The minimum Gasteiger partial charge on any atom is -0.457 e. The van der Waals surface area contributed by atoms with Gasteiger partial charge in [-0.3, -0.25) is 0 Å². The number of esters is 1. The summed E-state index contributed by atoms with van der Waals surface area (Å²) in [5.41, 5.74) is 0.768. The van der Waals surface area contributed by atoms with Gasteiger partial charge in [0.2, 0.25) is 0 Å². The molecule has 0 atom stereocenters. The molecule has 0 aromatic heterocycles. The van der Waals surface area contributed by atoms with Crippen LogP contribution >= 0.6 is 0 Å². The molecule has 26 heavy (non-hydrogen) atoms. The highest BCUT2D eigenvalue weighted by Crippen LogP contribution is 2.20. The van der Waals surface area contributed by atoms with Gasteiger partial charge in [0.05, 0.1) is 10.6 Å². The summed E-state index contributed by atoms with van der Waals surface area (Å²) in [6, 6.07) is 21.5. The molecule has 0 N–H and O–H groups in total. The zero-order valence-corrected chi connectivity index (χ0v) is 14.9. The summed E-state index contributed by atoms with van der Waals surface area (Å²) < 4.78 is 29.9. The van der Waals surface area contributed by atoms with Crippen molar-refractivity contribution in [2.24, 2.45) is 0 Å². The van der Waals surface area contributed by atoms with E-state index in [0.717, 1.165) is 16.3 Å². The standard InChI is InChI=1S/C21H18O4S/c1-16(15-26(23,24)19-11-3-2-4-12-19)21(22)25-14-18-10-7-9-17-8-5-6-13-20(17)18/h2-13H,1,14-15H2. The van der Waals surface area contributed by atoms with Crippen LogP contribution in [0, 0.1) is 0 Å². The van der Waals surface area contributed by atoms with Crippen molar-refractivity contribution in [3.63, 3.8) is 0 Å². The number of fused-ring (bicyclic) bond motifs is 1. The van der Waals surface area contributed by atoms with Gasteiger partial charge in [0.25, 0.3) is 0 Å². The van der Waals surface area contributed by atoms with Gasteiger partial charge < -0.3 is 4.74 Å². The number of carbonyl (C=O) groups is 1. The van der Waals surface area contributed by atoms with Crippen LogP contribution in [0.2, 0.25) is 0 Å². The Morgan fingerprint density at radius 1 is 0.885 bits per heavy atom. The molecular formula is C21H18O4S. The highest BCUT2D eigenvalue weighted by molar-refractivity contribution is 7.91. The van der Waals surface area contributed by atoms with Gasteiger partial charge in [-0.05, 0) is 28.5 Å². The summed E-state index contributed by atoms with van der Waals surface area (Å²) in [4.78, 5) is 12.3. The molecule has 0 heterocycles. The maximum atomic E-state index is 12.3. The minimum absolute atomic E-state index is 0.0601. The molecule has 0 saturated carbocycles. The normalized spacial score (nSPS) is 11.2. The molecule has 0 radical (unpaired) electrons. The summed E-state index contributed by atoms with van der Waals surface area (Å²) in [6.45, 7) is 3.65. The maximum Gasteiger partial charge on any atom is 0.334 e. The molecule has 0 unspecified atom stereocenters. The SMILES string of the molecule is C=C(CS(=O)(=O)c1ccccc1)C(=O)OCc1cccc2ccccc12. The van der Waals surface area contributed by atoms with Crippen molar-refractivity contribution in [1.29, 1.82) is 0 Å². The van der Waals surface area contributed by atoms with E-state index >= 15 is 0 Å². The number of rotatable bonds is 6. The second kappa shape index (κ2) is 7.54. The lowest BCUT2D eigenvalue weighted by Crippen LogP contribution is -2.16. The molecule has 0 aliphatic heterocycles. The average Bonchev–Trinajstić information content (AvgIpc) is 2.66. The van der Waals surface area contributed by atoms with Gasteiger partial charge in [0, 0.05) is 5.57 Å². The van der Waals surface area contributed by atoms with Gasteiger partial charge in [0.1, 0.15) is 6.61 Å². The molecule has 0 amide bonds. The summed E-state index contributed by atoms with van der Waals surface area (Å²) >= 11 is 0. The first-order valence-corrected chi connectivity index (χ1v) is 9.72. The van der Waals surface area contributed by atoms with Crippen LogP contribution in [0.4, 0.5) is 0 Å². The Morgan fingerprint density at radius 2 is 1.54 bits per heavy atom. The van der Waals surface area contributed by atoms with E-state index in [9.17, 15) is 13.2 Å². The van der Waals surface area contributed by atoms with Crippen molar-refractivity contribution in [3.8, 4) is 0 Å². The van der Waals surface area contributed by atoms with Crippen molar-refractivity contribution in [1.82, 2.24) is 0 Å². The quantitative estimate of drug-likeness (QED) is 0.490. The fourth-order valence-corrected chi connectivity index (χ4v) is 3.98. The van der Waals surface area contributed by atoms with Gasteiger partial charge in [0.15, 0.2) is 9.84 Å². The topological polar surface area (TPSA) is 60.4 Å². The monoisotopic (exact) mass is 366 g/mol. The molecule has 0 aliphatic rings. The van der Waals surface area contributed by atoms with Gasteiger partial charge in [-0.25, -0.2) is 13.2 Å². The molecule has 0 fully saturated rings. The van der Waals surface area contributed by atoms with Crippen LogP contribution in [-0.4, -0.2) is 20.1 Å². The third-order valence-corrected chi connectivity index (χ3v) is 5.71. The third kappa shape index (κ3) is 4.00. The third-order valence-electron chi connectivity index (χ3n) is 3.99. The molecule has 3 aromatic carbocycles. The molecule has 3 aromatic rings. The van der Waals surface area contributed by atoms with Crippen LogP contribution < -0.4 is 0 Å². The first-order chi connectivity index (χ1) is 12.5. The average molecular weight is 366 g/mol. The second-order valence-corrected chi connectivity index (χ2v) is 7.88. The lowest BCUT2D eigenvalue weighted by molar-refractivity contribution is -0.140. The molecule has 0 bridgehead atoms.